The number of pyridine rings is 1. The molecule has 0 bridgehead atoms. The van der Waals surface area contributed by atoms with E-state index < -0.39 is 0 Å². The highest BCUT2D eigenvalue weighted by Crippen LogP contribution is 2.26. The summed E-state index contributed by atoms with van der Waals surface area (Å²) in [5.41, 5.74) is 5.64. The molecule has 4 heteroatoms. The lowest BCUT2D eigenvalue weighted by atomic mass is 10.0. The number of nitrogens with zero attached hydrogens (tertiary/aromatic N) is 4. The lowest BCUT2D eigenvalue weighted by Gasteiger charge is -2.10. The van der Waals surface area contributed by atoms with Crippen LogP contribution in [0.4, 0.5) is 0 Å². The van der Waals surface area contributed by atoms with Crippen LogP contribution in [0, 0.1) is 13.8 Å². The second-order valence-corrected chi connectivity index (χ2v) is 6.39. The van der Waals surface area contributed by atoms with Crippen LogP contribution < -0.4 is 0 Å². The monoisotopic (exact) mass is 340 g/mol. The standard InChI is InChI=1S/C22H20N4/c1-16-8-6-7-11-20(16)19-12-13-23-21(14-19)22-25-24-17(2)26(22)15-18-9-4-3-5-10-18/h3-14H,15H2,1-2H3. The highest BCUT2D eigenvalue weighted by Gasteiger charge is 2.14. The van der Waals surface area contributed by atoms with Gasteiger partial charge in [0.05, 0.1) is 6.54 Å². The Labute approximate surface area is 153 Å². The van der Waals surface area contributed by atoms with Gasteiger partial charge in [0.15, 0.2) is 5.82 Å². The Morgan fingerprint density at radius 1 is 0.846 bits per heavy atom. The predicted molar refractivity (Wildman–Crippen MR) is 104 cm³/mol. The number of aryl methyl sites for hydroxylation is 2. The fraction of sp³-hybridized carbons (Fsp3) is 0.136. The van der Waals surface area contributed by atoms with Crippen molar-refractivity contribution in [2.75, 3.05) is 0 Å². The quantitative estimate of drug-likeness (QED) is 0.542. The van der Waals surface area contributed by atoms with Gasteiger partial charge in [-0.25, -0.2) is 0 Å². The number of hydrogen-bond acceptors (Lipinski definition) is 3. The molecule has 2 aromatic heterocycles. The zero-order valence-corrected chi connectivity index (χ0v) is 14.9. The molecule has 0 N–H and O–H groups in total. The van der Waals surface area contributed by atoms with E-state index in [1.54, 1.807) is 0 Å². The van der Waals surface area contributed by atoms with Gasteiger partial charge in [-0.05, 0) is 48.2 Å². The van der Waals surface area contributed by atoms with Gasteiger partial charge in [-0.1, -0.05) is 54.6 Å². The van der Waals surface area contributed by atoms with Crippen molar-refractivity contribution in [3.63, 3.8) is 0 Å². The topological polar surface area (TPSA) is 43.6 Å². The summed E-state index contributed by atoms with van der Waals surface area (Å²) in [6.45, 7) is 4.83. The molecule has 0 saturated carbocycles. The van der Waals surface area contributed by atoms with E-state index in [0.29, 0.717) is 0 Å². The zero-order valence-electron chi connectivity index (χ0n) is 14.9. The summed E-state index contributed by atoms with van der Waals surface area (Å²) in [5.74, 6) is 1.67. The number of benzene rings is 2. The van der Waals surface area contributed by atoms with E-state index in [9.17, 15) is 0 Å². The van der Waals surface area contributed by atoms with Crippen molar-refractivity contribution in [2.24, 2.45) is 0 Å². The van der Waals surface area contributed by atoms with Gasteiger partial charge in [-0.3, -0.25) is 4.98 Å². The molecular formula is C22H20N4. The van der Waals surface area contributed by atoms with Gasteiger partial charge in [0, 0.05) is 6.20 Å². The summed E-state index contributed by atoms with van der Waals surface area (Å²) in [5, 5.41) is 8.67. The minimum atomic E-state index is 0.727. The molecule has 0 aliphatic carbocycles. The lowest BCUT2D eigenvalue weighted by Crippen LogP contribution is -2.05. The smallest absolute Gasteiger partial charge is 0.182 e. The summed E-state index contributed by atoms with van der Waals surface area (Å²) in [6, 6.07) is 22.8. The molecule has 0 aliphatic rings. The average Bonchev–Trinajstić information content (AvgIpc) is 3.04. The third-order valence-corrected chi connectivity index (χ3v) is 4.56. The van der Waals surface area contributed by atoms with Gasteiger partial charge in [0.1, 0.15) is 11.5 Å². The molecule has 0 radical (unpaired) electrons. The van der Waals surface area contributed by atoms with E-state index in [2.05, 4.69) is 69.1 Å². The van der Waals surface area contributed by atoms with Crippen molar-refractivity contribution in [3.8, 4) is 22.6 Å². The average molecular weight is 340 g/mol. The molecule has 26 heavy (non-hydrogen) atoms. The molecule has 2 heterocycles. The van der Waals surface area contributed by atoms with Crippen LogP contribution in [-0.4, -0.2) is 19.7 Å². The molecular weight excluding hydrogens is 320 g/mol. The Morgan fingerprint density at radius 2 is 1.62 bits per heavy atom. The third-order valence-electron chi connectivity index (χ3n) is 4.56. The van der Waals surface area contributed by atoms with Crippen LogP contribution in [0.3, 0.4) is 0 Å². The van der Waals surface area contributed by atoms with E-state index in [1.807, 2.05) is 37.4 Å². The van der Waals surface area contributed by atoms with Gasteiger partial charge < -0.3 is 4.57 Å². The number of rotatable bonds is 4. The van der Waals surface area contributed by atoms with Crippen molar-refractivity contribution in [1.29, 1.82) is 0 Å². The summed E-state index contributed by atoms with van der Waals surface area (Å²) in [7, 11) is 0. The molecule has 0 unspecified atom stereocenters. The molecule has 2 aromatic carbocycles. The van der Waals surface area contributed by atoms with Crippen LogP contribution in [0.2, 0.25) is 0 Å². The summed E-state index contributed by atoms with van der Waals surface area (Å²) < 4.78 is 2.11. The third kappa shape index (κ3) is 3.14. The van der Waals surface area contributed by atoms with Crippen LogP contribution in [0.5, 0.6) is 0 Å². The van der Waals surface area contributed by atoms with Crippen LogP contribution in [0.25, 0.3) is 22.6 Å². The van der Waals surface area contributed by atoms with Crippen LogP contribution in [0.15, 0.2) is 72.9 Å². The summed E-state index contributed by atoms with van der Waals surface area (Å²) >= 11 is 0. The predicted octanol–water partition coefficient (Wildman–Crippen LogP) is 4.67. The minimum Gasteiger partial charge on any atom is -0.305 e. The maximum absolute atomic E-state index is 4.56. The first-order chi connectivity index (χ1) is 12.7. The first-order valence-electron chi connectivity index (χ1n) is 8.68. The molecule has 0 fully saturated rings. The number of aromatic nitrogens is 4. The van der Waals surface area contributed by atoms with Crippen LogP contribution in [0.1, 0.15) is 17.0 Å². The minimum absolute atomic E-state index is 0.727. The van der Waals surface area contributed by atoms with E-state index in [4.69, 9.17) is 0 Å². The van der Waals surface area contributed by atoms with Crippen molar-refractivity contribution < 1.29 is 0 Å². The molecule has 0 saturated heterocycles. The second kappa shape index (κ2) is 6.92. The fourth-order valence-corrected chi connectivity index (χ4v) is 3.14. The summed E-state index contributed by atoms with van der Waals surface area (Å²) in [4.78, 5) is 4.56. The molecule has 0 atom stereocenters. The largest absolute Gasteiger partial charge is 0.305 e. The molecule has 0 amide bonds. The van der Waals surface area contributed by atoms with Crippen molar-refractivity contribution >= 4 is 0 Å². The van der Waals surface area contributed by atoms with Gasteiger partial charge in [0.25, 0.3) is 0 Å². The highest BCUT2D eigenvalue weighted by molar-refractivity contribution is 5.70. The zero-order chi connectivity index (χ0) is 17.9. The SMILES string of the molecule is Cc1ccccc1-c1ccnc(-c2nnc(C)n2Cc2ccccc2)c1. The molecule has 128 valence electrons. The van der Waals surface area contributed by atoms with Crippen LogP contribution in [-0.2, 0) is 6.54 Å². The highest BCUT2D eigenvalue weighted by atomic mass is 15.3. The van der Waals surface area contributed by atoms with E-state index in [0.717, 1.165) is 29.5 Å². The Kier molecular flexibility index (Phi) is 4.32. The molecule has 0 spiro atoms. The second-order valence-electron chi connectivity index (χ2n) is 6.39. The van der Waals surface area contributed by atoms with E-state index in [-0.39, 0.29) is 0 Å². The van der Waals surface area contributed by atoms with E-state index in [1.165, 1.54) is 16.7 Å². The maximum atomic E-state index is 4.56. The first kappa shape index (κ1) is 16.2. The normalized spacial score (nSPS) is 10.8. The van der Waals surface area contributed by atoms with Gasteiger partial charge in [0.2, 0.25) is 0 Å². The van der Waals surface area contributed by atoms with Crippen LogP contribution >= 0.6 is 0 Å². The molecule has 4 aromatic rings. The fourth-order valence-electron chi connectivity index (χ4n) is 3.14. The Hall–Kier alpha value is -3.27. The van der Waals surface area contributed by atoms with Gasteiger partial charge >= 0.3 is 0 Å². The Bertz CT molecular complexity index is 1030. The van der Waals surface area contributed by atoms with E-state index >= 15 is 0 Å². The Balaban J connectivity index is 1.75. The molecule has 4 rings (SSSR count). The lowest BCUT2D eigenvalue weighted by molar-refractivity contribution is 0.766. The Morgan fingerprint density at radius 3 is 2.42 bits per heavy atom. The maximum Gasteiger partial charge on any atom is 0.182 e. The number of hydrogen-bond donors (Lipinski definition) is 0. The molecule has 4 nitrogen and oxygen atoms in total. The van der Waals surface area contributed by atoms with Gasteiger partial charge in [-0.15, -0.1) is 10.2 Å². The van der Waals surface area contributed by atoms with Gasteiger partial charge in [-0.2, -0.15) is 0 Å². The van der Waals surface area contributed by atoms with Crippen molar-refractivity contribution in [3.05, 3.63) is 89.9 Å². The first-order valence-corrected chi connectivity index (χ1v) is 8.68. The summed E-state index contributed by atoms with van der Waals surface area (Å²) in [6.07, 6.45) is 1.84. The van der Waals surface area contributed by atoms with Crippen molar-refractivity contribution in [1.82, 2.24) is 19.7 Å². The molecule has 0 aliphatic heterocycles. The van der Waals surface area contributed by atoms with Crippen molar-refractivity contribution in [2.45, 2.75) is 20.4 Å².